The topological polar surface area (TPSA) is 80.9 Å². The lowest BCUT2D eigenvalue weighted by atomic mass is 10.1. The van der Waals surface area contributed by atoms with Crippen molar-refractivity contribution in [1.29, 1.82) is 0 Å². The van der Waals surface area contributed by atoms with Crippen LogP contribution in [0.3, 0.4) is 0 Å². The Bertz CT molecular complexity index is 633. The third-order valence-electron chi connectivity index (χ3n) is 2.75. The monoisotopic (exact) mass is 294 g/mol. The first-order valence-electron chi connectivity index (χ1n) is 5.82. The standard InChI is InChI=1S/C13H12ClFN4O/c1-7(8-2-4-9(15)5-3-8)17-13-10(12(16)20)6-11(14)18-19-13/h2-7H,1H3,(H2,16,20)(H,17,19)/t7-/m0/s1. The Hall–Kier alpha value is -2.21. The summed E-state index contributed by atoms with van der Waals surface area (Å²) in [4.78, 5) is 11.3. The number of aromatic nitrogens is 2. The van der Waals surface area contributed by atoms with Crippen LogP contribution in [0, 0.1) is 5.82 Å². The van der Waals surface area contributed by atoms with E-state index in [0.29, 0.717) is 0 Å². The normalized spacial score (nSPS) is 11.9. The van der Waals surface area contributed by atoms with Crippen LogP contribution in [0.25, 0.3) is 0 Å². The SMILES string of the molecule is C[C@H](Nc1nnc(Cl)cc1C(N)=O)c1ccc(F)cc1. The molecule has 1 aromatic heterocycles. The molecule has 0 aliphatic carbocycles. The first-order chi connectivity index (χ1) is 9.47. The molecule has 2 rings (SSSR count). The van der Waals surface area contributed by atoms with E-state index in [1.807, 2.05) is 6.92 Å². The average Bonchev–Trinajstić information content (AvgIpc) is 2.41. The van der Waals surface area contributed by atoms with E-state index < -0.39 is 5.91 Å². The fourth-order valence-corrected chi connectivity index (χ4v) is 1.85. The van der Waals surface area contributed by atoms with Crippen molar-refractivity contribution in [2.24, 2.45) is 5.73 Å². The third-order valence-corrected chi connectivity index (χ3v) is 2.94. The number of primary amides is 1. The highest BCUT2D eigenvalue weighted by Gasteiger charge is 2.14. The van der Waals surface area contributed by atoms with E-state index in [-0.39, 0.29) is 28.4 Å². The zero-order valence-corrected chi connectivity index (χ0v) is 11.4. The first kappa shape index (κ1) is 14.2. The molecular formula is C13H12ClFN4O. The number of carbonyl (C=O) groups is 1. The highest BCUT2D eigenvalue weighted by molar-refractivity contribution is 6.29. The molecule has 7 heteroatoms. The number of nitrogens with two attached hydrogens (primary N) is 1. The fourth-order valence-electron chi connectivity index (χ4n) is 1.70. The molecule has 5 nitrogen and oxygen atoms in total. The lowest BCUT2D eigenvalue weighted by Gasteiger charge is -2.16. The highest BCUT2D eigenvalue weighted by atomic mass is 35.5. The van der Waals surface area contributed by atoms with Crippen LogP contribution in [0.1, 0.15) is 28.9 Å². The van der Waals surface area contributed by atoms with Gasteiger partial charge in [-0.3, -0.25) is 4.79 Å². The van der Waals surface area contributed by atoms with Crippen molar-refractivity contribution in [2.45, 2.75) is 13.0 Å². The molecule has 0 saturated heterocycles. The van der Waals surface area contributed by atoms with Crippen molar-refractivity contribution in [3.8, 4) is 0 Å². The molecule has 1 atom stereocenters. The van der Waals surface area contributed by atoms with E-state index in [0.717, 1.165) is 5.56 Å². The van der Waals surface area contributed by atoms with Gasteiger partial charge in [0.1, 0.15) is 5.82 Å². The molecule has 0 aliphatic rings. The minimum atomic E-state index is -0.657. The fraction of sp³-hybridized carbons (Fsp3) is 0.154. The molecule has 0 bridgehead atoms. The number of nitrogens with one attached hydrogen (secondary N) is 1. The Balaban J connectivity index is 2.25. The van der Waals surface area contributed by atoms with Crippen LogP contribution >= 0.6 is 11.6 Å². The molecule has 0 aliphatic heterocycles. The maximum absolute atomic E-state index is 12.9. The number of halogens is 2. The van der Waals surface area contributed by atoms with Gasteiger partial charge in [-0.15, -0.1) is 10.2 Å². The number of carbonyl (C=O) groups excluding carboxylic acids is 1. The largest absolute Gasteiger partial charge is 0.365 e. The van der Waals surface area contributed by atoms with Crippen molar-refractivity contribution in [1.82, 2.24) is 10.2 Å². The van der Waals surface area contributed by atoms with E-state index in [9.17, 15) is 9.18 Å². The second kappa shape index (κ2) is 5.83. The predicted octanol–water partition coefficient (Wildman–Crippen LogP) is 2.54. The number of rotatable bonds is 4. The van der Waals surface area contributed by atoms with Crippen LogP contribution in [0.5, 0.6) is 0 Å². The van der Waals surface area contributed by atoms with Crippen molar-refractivity contribution < 1.29 is 9.18 Å². The van der Waals surface area contributed by atoms with Crippen molar-refractivity contribution in [3.63, 3.8) is 0 Å². The summed E-state index contributed by atoms with van der Waals surface area (Å²) < 4.78 is 12.9. The number of benzene rings is 1. The third kappa shape index (κ3) is 3.21. The van der Waals surface area contributed by atoms with Crippen LogP contribution in [-0.2, 0) is 0 Å². The molecule has 20 heavy (non-hydrogen) atoms. The number of nitrogens with zero attached hydrogens (tertiary/aromatic N) is 2. The Morgan fingerprint density at radius 2 is 2.00 bits per heavy atom. The zero-order valence-electron chi connectivity index (χ0n) is 10.6. The highest BCUT2D eigenvalue weighted by Crippen LogP contribution is 2.21. The van der Waals surface area contributed by atoms with Crippen LogP contribution < -0.4 is 11.1 Å². The molecule has 0 radical (unpaired) electrons. The van der Waals surface area contributed by atoms with Crippen molar-refractivity contribution >= 4 is 23.3 Å². The summed E-state index contributed by atoms with van der Waals surface area (Å²) in [6.45, 7) is 1.84. The van der Waals surface area contributed by atoms with Crippen LogP contribution in [-0.4, -0.2) is 16.1 Å². The molecule has 1 aromatic carbocycles. The Morgan fingerprint density at radius 1 is 1.35 bits per heavy atom. The number of hydrogen-bond acceptors (Lipinski definition) is 4. The van der Waals surface area contributed by atoms with Gasteiger partial charge in [-0.05, 0) is 30.7 Å². The van der Waals surface area contributed by atoms with E-state index >= 15 is 0 Å². The summed E-state index contributed by atoms with van der Waals surface area (Å²) in [6, 6.07) is 7.13. The Labute approximate surface area is 120 Å². The summed E-state index contributed by atoms with van der Waals surface area (Å²) in [7, 11) is 0. The van der Waals surface area contributed by atoms with E-state index in [1.165, 1.54) is 18.2 Å². The molecular weight excluding hydrogens is 283 g/mol. The molecule has 0 saturated carbocycles. The molecule has 2 aromatic rings. The summed E-state index contributed by atoms with van der Waals surface area (Å²) >= 11 is 5.68. The second-order valence-electron chi connectivity index (χ2n) is 4.21. The summed E-state index contributed by atoms with van der Waals surface area (Å²) in [5.74, 6) is -0.737. The predicted molar refractivity (Wildman–Crippen MR) is 74.0 cm³/mol. The lowest BCUT2D eigenvalue weighted by Crippen LogP contribution is -2.18. The van der Waals surface area contributed by atoms with Crippen LogP contribution in [0.15, 0.2) is 30.3 Å². The van der Waals surface area contributed by atoms with Gasteiger partial charge in [0.25, 0.3) is 5.91 Å². The summed E-state index contributed by atoms with van der Waals surface area (Å²) in [6.07, 6.45) is 0. The number of amides is 1. The Kier molecular flexibility index (Phi) is 4.14. The van der Waals surface area contributed by atoms with E-state index in [1.54, 1.807) is 12.1 Å². The molecule has 0 fully saturated rings. The van der Waals surface area contributed by atoms with Crippen LogP contribution in [0.4, 0.5) is 10.2 Å². The van der Waals surface area contributed by atoms with Gasteiger partial charge in [0.05, 0.1) is 11.6 Å². The van der Waals surface area contributed by atoms with Crippen molar-refractivity contribution in [3.05, 3.63) is 52.4 Å². The molecule has 1 amide bonds. The minimum Gasteiger partial charge on any atom is -0.365 e. The van der Waals surface area contributed by atoms with Crippen LogP contribution in [0.2, 0.25) is 5.15 Å². The first-order valence-corrected chi connectivity index (χ1v) is 6.20. The maximum atomic E-state index is 12.9. The number of hydrogen-bond donors (Lipinski definition) is 2. The van der Waals surface area contributed by atoms with Crippen molar-refractivity contribution in [2.75, 3.05) is 5.32 Å². The van der Waals surface area contributed by atoms with Gasteiger partial charge >= 0.3 is 0 Å². The van der Waals surface area contributed by atoms with E-state index in [2.05, 4.69) is 15.5 Å². The summed E-state index contributed by atoms with van der Waals surface area (Å²) in [5.41, 5.74) is 6.25. The summed E-state index contributed by atoms with van der Waals surface area (Å²) in [5, 5.41) is 10.6. The van der Waals surface area contributed by atoms with Gasteiger partial charge < -0.3 is 11.1 Å². The molecule has 1 heterocycles. The Morgan fingerprint density at radius 3 is 2.60 bits per heavy atom. The van der Waals surface area contributed by atoms with Gasteiger partial charge in [-0.25, -0.2) is 4.39 Å². The lowest BCUT2D eigenvalue weighted by molar-refractivity contribution is 0.100. The second-order valence-corrected chi connectivity index (χ2v) is 4.60. The smallest absolute Gasteiger partial charge is 0.252 e. The molecule has 3 N–H and O–H groups in total. The zero-order chi connectivity index (χ0) is 14.7. The molecule has 0 unspecified atom stereocenters. The molecule has 0 spiro atoms. The average molecular weight is 295 g/mol. The van der Waals surface area contributed by atoms with Gasteiger partial charge in [-0.1, -0.05) is 23.7 Å². The van der Waals surface area contributed by atoms with Gasteiger partial charge in [0.15, 0.2) is 11.0 Å². The van der Waals surface area contributed by atoms with Gasteiger partial charge in [0, 0.05) is 0 Å². The van der Waals surface area contributed by atoms with Gasteiger partial charge in [-0.2, -0.15) is 0 Å². The maximum Gasteiger partial charge on any atom is 0.252 e. The quantitative estimate of drug-likeness (QED) is 0.908. The molecule has 104 valence electrons. The van der Waals surface area contributed by atoms with E-state index in [4.69, 9.17) is 17.3 Å². The number of anilines is 1. The van der Waals surface area contributed by atoms with Gasteiger partial charge in [0.2, 0.25) is 0 Å². The minimum absolute atomic E-state index is 0.0822.